The Morgan fingerprint density at radius 1 is 1.13 bits per heavy atom. The van der Waals surface area contributed by atoms with Crippen molar-refractivity contribution in [3.05, 3.63) is 62.8 Å². The molecule has 0 spiro atoms. The van der Waals surface area contributed by atoms with E-state index in [-0.39, 0.29) is 11.8 Å². The van der Waals surface area contributed by atoms with Gasteiger partial charge in [0.1, 0.15) is 9.57 Å². The fourth-order valence-corrected chi connectivity index (χ4v) is 7.53. The van der Waals surface area contributed by atoms with Crippen LogP contribution in [-0.2, 0) is 10.3 Å². The fourth-order valence-electron chi connectivity index (χ4n) is 4.25. The van der Waals surface area contributed by atoms with Crippen LogP contribution < -0.4 is 9.64 Å². The highest BCUT2D eigenvalue weighted by atomic mass is 32.9. The van der Waals surface area contributed by atoms with Crippen molar-refractivity contribution in [2.24, 2.45) is 0 Å². The van der Waals surface area contributed by atoms with Gasteiger partial charge in [-0.25, -0.2) is 0 Å². The van der Waals surface area contributed by atoms with Crippen LogP contribution in [0.4, 0.5) is 5.69 Å². The van der Waals surface area contributed by atoms with E-state index in [1.54, 1.807) is 20.7 Å². The third-order valence-corrected chi connectivity index (χ3v) is 8.99. The first kappa shape index (κ1) is 21.2. The number of hydrogen-bond donors (Lipinski definition) is 0. The Hall–Kier alpha value is -2.02. The van der Waals surface area contributed by atoms with Crippen molar-refractivity contribution in [3.63, 3.8) is 0 Å². The Kier molecular flexibility index (Phi) is 5.84. The van der Waals surface area contributed by atoms with E-state index in [0.717, 1.165) is 43.2 Å². The molecule has 1 aromatic heterocycles. The molecule has 0 fully saturated rings. The van der Waals surface area contributed by atoms with Gasteiger partial charge in [-0.1, -0.05) is 70.2 Å². The first-order valence-corrected chi connectivity index (χ1v) is 12.8. The number of anilines is 1. The van der Waals surface area contributed by atoms with Crippen LogP contribution in [0.3, 0.4) is 0 Å². The number of hydrogen-bond acceptors (Lipinski definition) is 5. The van der Waals surface area contributed by atoms with Gasteiger partial charge in [-0.15, -0.1) is 0 Å². The van der Waals surface area contributed by atoms with Gasteiger partial charge in [-0.3, -0.25) is 4.79 Å². The van der Waals surface area contributed by atoms with Crippen LogP contribution in [0.2, 0.25) is 0 Å². The van der Waals surface area contributed by atoms with Crippen molar-refractivity contribution >= 4 is 44.5 Å². The average molecular weight is 456 g/mol. The summed E-state index contributed by atoms with van der Waals surface area (Å²) >= 11 is 5.70. The normalized spacial score (nSPS) is 15.3. The summed E-state index contributed by atoms with van der Waals surface area (Å²) in [5.74, 6) is 0.724. The molecule has 0 saturated carbocycles. The van der Waals surface area contributed by atoms with Gasteiger partial charge < -0.3 is 9.64 Å². The van der Waals surface area contributed by atoms with Crippen molar-refractivity contribution in [2.75, 3.05) is 11.5 Å². The van der Waals surface area contributed by atoms with E-state index >= 15 is 0 Å². The number of rotatable bonds is 5. The second-order valence-corrected chi connectivity index (χ2v) is 10.7. The summed E-state index contributed by atoms with van der Waals surface area (Å²) in [5.41, 5.74) is 3.56. The highest BCUT2D eigenvalue weighted by Gasteiger charge is 2.44. The van der Waals surface area contributed by atoms with Crippen LogP contribution in [0.1, 0.15) is 50.5 Å². The largest absolute Gasteiger partial charge is 0.494 e. The van der Waals surface area contributed by atoms with Crippen LogP contribution >= 0.6 is 32.9 Å². The van der Waals surface area contributed by atoms with Gasteiger partial charge in [-0.05, 0) is 51.0 Å². The number of benzene rings is 2. The lowest BCUT2D eigenvalue weighted by Crippen LogP contribution is -2.49. The molecule has 2 heterocycles. The molecule has 2 aromatic carbocycles. The molecule has 0 N–H and O–H groups in total. The monoisotopic (exact) mass is 455 g/mol. The molecule has 1 aliphatic rings. The van der Waals surface area contributed by atoms with Gasteiger partial charge >= 0.3 is 0 Å². The third-order valence-electron chi connectivity index (χ3n) is 5.66. The van der Waals surface area contributed by atoms with E-state index in [1.165, 1.54) is 0 Å². The zero-order valence-electron chi connectivity index (χ0n) is 17.6. The van der Waals surface area contributed by atoms with Crippen LogP contribution in [0.5, 0.6) is 5.75 Å². The summed E-state index contributed by atoms with van der Waals surface area (Å²) < 4.78 is 6.63. The minimum Gasteiger partial charge on any atom is -0.494 e. The predicted octanol–water partition coefficient (Wildman–Crippen LogP) is 7.38. The van der Waals surface area contributed by atoms with E-state index in [1.807, 2.05) is 60.4 Å². The maximum atomic E-state index is 14.0. The molecule has 0 radical (unpaired) electrons. The molecule has 1 aliphatic heterocycles. The molecular weight excluding hydrogens is 430 g/mol. The minimum absolute atomic E-state index is 0.120. The quantitative estimate of drug-likeness (QED) is 0.297. The van der Waals surface area contributed by atoms with Crippen LogP contribution in [0.15, 0.2) is 48.5 Å². The molecule has 3 aromatic rings. The van der Waals surface area contributed by atoms with Gasteiger partial charge in [0.2, 0.25) is 5.91 Å². The Bertz CT molecular complexity index is 1130. The van der Waals surface area contributed by atoms with Gasteiger partial charge in [0.05, 0.1) is 28.6 Å². The van der Waals surface area contributed by atoms with E-state index in [2.05, 4.69) is 20.8 Å². The molecule has 4 rings (SSSR count). The molecule has 0 unspecified atom stereocenters. The van der Waals surface area contributed by atoms with Crippen molar-refractivity contribution in [2.45, 2.75) is 45.6 Å². The lowest BCUT2D eigenvalue weighted by atomic mass is 9.84. The second-order valence-electron chi connectivity index (χ2n) is 7.87. The number of ether oxygens (including phenoxy) is 1. The smallest absolute Gasteiger partial charge is 0.235 e. The molecule has 0 saturated heterocycles. The topological polar surface area (TPSA) is 29.5 Å². The zero-order chi connectivity index (χ0) is 21.5. The van der Waals surface area contributed by atoms with Gasteiger partial charge in [0, 0.05) is 11.1 Å². The number of nitrogens with zero attached hydrogens (tertiary/aromatic N) is 1. The van der Waals surface area contributed by atoms with E-state index in [0.29, 0.717) is 6.61 Å². The van der Waals surface area contributed by atoms with Gasteiger partial charge in [0.15, 0.2) is 0 Å². The minimum atomic E-state index is -0.479. The fraction of sp³-hybridized carbons (Fsp3) is 0.333. The summed E-state index contributed by atoms with van der Waals surface area (Å²) in [6.45, 7) is 8.89. The molecule has 0 bridgehead atoms. The molecule has 1 atom stereocenters. The average Bonchev–Trinajstić information content (AvgIpc) is 3.13. The molecule has 156 valence electrons. The molecule has 0 aliphatic carbocycles. The number of carbonyl (C=O) groups excluding carboxylic acids is 1. The Morgan fingerprint density at radius 3 is 2.53 bits per heavy atom. The predicted molar refractivity (Wildman–Crippen MR) is 130 cm³/mol. The summed E-state index contributed by atoms with van der Waals surface area (Å²) in [7, 11) is 3.29. The van der Waals surface area contributed by atoms with Crippen LogP contribution in [0.25, 0.3) is 11.1 Å². The van der Waals surface area contributed by atoms with Crippen molar-refractivity contribution in [3.8, 4) is 16.9 Å². The number of carbonyl (C=O) groups is 1. The highest BCUT2D eigenvalue weighted by molar-refractivity contribution is 7.80. The standard InChI is InChI=1S/C24H25NO2S3/c1-5-17(15-10-8-7-9-11-15)22(26)25-19-13-12-16(27-6-2)14-18(19)20-21(24(25,3)4)29-30-23(20)28/h7-14,17H,5-6H2,1-4H3/t17-/m0/s1. The summed E-state index contributed by atoms with van der Waals surface area (Å²) in [4.78, 5) is 17.1. The summed E-state index contributed by atoms with van der Waals surface area (Å²) in [6, 6.07) is 16.1. The maximum Gasteiger partial charge on any atom is 0.235 e. The van der Waals surface area contributed by atoms with Gasteiger partial charge in [-0.2, -0.15) is 0 Å². The zero-order valence-corrected chi connectivity index (χ0v) is 20.0. The number of fused-ring (bicyclic) bond motifs is 3. The molecular formula is C24H25NO2S3. The molecule has 6 heteroatoms. The Labute approximate surface area is 190 Å². The van der Waals surface area contributed by atoms with Gasteiger partial charge in [0.25, 0.3) is 0 Å². The summed E-state index contributed by atoms with van der Waals surface area (Å²) in [6.07, 6.45) is 0.744. The maximum absolute atomic E-state index is 14.0. The van der Waals surface area contributed by atoms with Crippen molar-refractivity contribution in [1.82, 2.24) is 0 Å². The van der Waals surface area contributed by atoms with Crippen LogP contribution in [0, 0.1) is 3.82 Å². The lowest BCUT2D eigenvalue weighted by molar-refractivity contribution is -0.121. The lowest BCUT2D eigenvalue weighted by Gasteiger charge is -2.44. The molecule has 3 nitrogen and oxygen atoms in total. The SMILES string of the molecule is CCOc1ccc2c(c1)-c1c(ssc1=S)C(C)(C)N2C(=O)[C@@H](CC)c1ccccc1. The molecule has 1 amide bonds. The van der Waals surface area contributed by atoms with E-state index in [4.69, 9.17) is 17.0 Å². The first-order chi connectivity index (χ1) is 14.4. The number of amides is 1. The van der Waals surface area contributed by atoms with E-state index in [9.17, 15) is 4.79 Å². The van der Waals surface area contributed by atoms with Crippen molar-refractivity contribution < 1.29 is 9.53 Å². The first-order valence-electron chi connectivity index (χ1n) is 10.2. The van der Waals surface area contributed by atoms with E-state index < -0.39 is 5.54 Å². The highest BCUT2D eigenvalue weighted by Crippen LogP contribution is 2.53. The second kappa shape index (κ2) is 8.25. The van der Waals surface area contributed by atoms with Crippen LogP contribution in [-0.4, -0.2) is 12.5 Å². The Morgan fingerprint density at radius 2 is 1.87 bits per heavy atom. The summed E-state index contributed by atoms with van der Waals surface area (Å²) in [5, 5.41) is 0. The Balaban J connectivity index is 1.90. The molecule has 30 heavy (non-hydrogen) atoms. The third kappa shape index (κ3) is 3.41. The van der Waals surface area contributed by atoms with Crippen molar-refractivity contribution in [1.29, 1.82) is 0 Å².